The van der Waals surface area contributed by atoms with Gasteiger partial charge in [-0.3, -0.25) is 9.59 Å². The van der Waals surface area contributed by atoms with Crippen molar-refractivity contribution in [1.29, 1.82) is 0 Å². The highest BCUT2D eigenvalue weighted by Gasteiger charge is 2.12. The lowest BCUT2D eigenvalue weighted by molar-refractivity contribution is -0.120. The summed E-state index contributed by atoms with van der Waals surface area (Å²) >= 11 is 1.50. The number of benzene rings is 1. The molecule has 128 valence electrons. The Kier molecular flexibility index (Phi) is 7.22. The van der Waals surface area contributed by atoms with E-state index in [-0.39, 0.29) is 24.8 Å². The second-order valence-electron chi connectivity index (χ2n) is 5.12. The van der Waals surface area contributed by atoms with E-state index < -0.39 is 0 Å². The number of nitrogens with zero attached hydrogens (tertiary/aromatic N) is 1. The summed E-state index contributed by atoms with van der Waals surface area (Å²) in [6, 6.07) is 7.03. The van der Waals surface area contributed by atoms with Crippen molar-refractivity contribution in [1.82, 2.24) is 15.6 Å². The van der Waals surface area contributed by atoms with Gasteiger partial charge in [-0.1, -0.05) is 19.1 Å². The molecule has 2 aromatic rings. The van der Waals surface area contributed by atoms with Gasteiger partial charge in [0, 0.05) is 24.9 Å². The van der Waals surface area contributed by atoms with E-state index in [2.05, 4.69) is 15.6 Å². The molecule has 0 radical (unpaired) electrons. The van der Waals surface area contributed by atoms with Gasteiger partial charge in [0.15, 0.2) is 0 Å². The highest BCUT2D eigenvalue weighted by molar-refractivity contribution is 7.07. The highest BCUT2D eigenvalue weighted by atomic mass is 32.1. The molecular weight excluding hydrogens is 326 g/mol. The molecule has 2 amide bonds. The van der Waals surface area contributed by atoms with Crippen LogP contribution in [0, 0.1) is 0 Å². The van der Waals surface area contributed by atoms with Gasteiger partial charge < -0.3 is 15.4 Å². The predicted octanol–water partition coefficient (Wildman–Crippen LogP) is 2.37. The van der Waals surface area contributed by atoms with Gasteiger partial charge in [-0.05, 0) is 18.6 Å². The molecule has 1 heterocycles. The van der Waals surface area contributed by atoms with Crippen LogP contribution in [0.15, 0.2) is 35.2 Å². The maximum absolute atomic E-state index is 12.3. The summed E-state index contributed by atoms with van der Waals surface area (Å²) in [5.41, 5.74) is 3.01. The molecule has 0 saturated carbocycles. The van der Waals surface area contributed by atoms with Gasteiger partial charge in [0.25, 0.3) is 5.91 Å². The smallest absolute Gasteiger partial charge is 0.255 e. The van der Waals surface area contributed by atoms with Crippen molar-refractivity contribution in [2.24, 2.45) is 0 Å². The fourth-order valence-electron chi connectivity index (χ4n) is 1.98. The third kappa shape index (κ3) is 5.66. The van der Waals surface area contributed by atoms with Crippen molar-refractivity contribution >= 4 is 23.2 Å². The van der Waals surface area contributed by atoms with E-state index in [0.717, 1.165) is 12.1 Å². The molecule has 0 unspecified atom stereocenters. The summed E-state index contributed by atoms with van der Waals surface area (Å²) in [5, 5.41) is 7.42. The van der Waals surface area contributed by atoms with Gasteiger partial charge in [0.1, 0.15) is 12.4 Å². The topological polar surface area (TPSA) is 80.3 Å². The molecule has 0 atom stereocenters. The highest BCUT2D eigenvalue weighted by Crippen LogP contribution is 2.19. The zero-order valence-electron chi connectivity index (χ0n) is 13.6. The third-order valence-electron chi connectivity index (χ3n) is 3.20. The normalized spacial score (nSPS) is 10.2. The Bertz CT molecular complexity index is 659. The molecule has 1 aromatic heterocycles. The number of carbonyl (C=O) groups excluding carboxylic acids is 2. The summed E-state index contributed by atoms with van der Waals surface area (Å²) < 4.78 is 5.69. The standard InChI is InChI=1S/C17H21N3O3S/c1-2-8-18-16(21)7-9-19-17(22)14-5-3-4-6-15(14)23-10-13-11-24-12-20-13/h3-6,11-12H,2,7-10H2,1H3,(H,18,21)(H,19,22). The maximum Gasteiger partial charge on any atom is 0.255 e. The minimum absolute atomic E-state index is 0.0646. The summed E-state index contributed by atoms with van der Waals surface area (Å²) in [6.45, 7) is 3.24. The Balaban J connectivity index is 1.86. The number of hydrogen-bond acceptors (Lipinski definition) is 5. The molecule has 6 nitrogen and oxygen atoms in total. The summed E-state index contributed by atoms with van der Waals surface area (Å²) in [4.78, 5) is 28.0. The number of rotatable bonds is 9. The van der Waals surface area contributed by atoms with Crippen LogP contribution >= 0.6 is 11.3 Å². The van der Waals surface area contributed by atoms with Gasteiger partial charge >= 0.3 is 0 Å². The molecule has 24 heavy (non-hydrogen) atoms. The molecule has 2 rings (SSSR count). The number of thiazole rings is 1. The zero-order valence-corrected chi connectivity index (χ0v) is 14.4. The minimum atomic E-state index is -0.257. The number of para-hydroxylation sites is 1. The number of carbonyl (C=O) groups is 2. The van der Waals surface area contributed by atoms with Crippen LogP contribution in [0.25, 0.3) is 0 Å². The van der Waals surface area contributed by atoms with Gasteiger partial charge in [-0.15, -0.1) is 11.3 Å². The van der Waals surface area contributed by atoms with Crippen LogP contribution in [-0.2, 0) is 11.4 Å². The summed E-state index contributed by atoms with van der Waals surface area (Å²) in [6.07, 6.45) is 1.15. The number of hydrogen-bond donors (Lipinski definition) is 2. The van der Waals surface area contributed by atoms with Crippen molar-refractivity contribution in [3.8, 4) is 5.75 Å². The van der Waals surface area contributed by atoms with Crippen LogP contribution < -0.4 is 15.4 Å². The fraction of sp³-hybridized carbons (Fsp3) is 0.353. The predicted molar refractivity (Wildman–Crippen MR) is 93.1 cm³/mol. The number of amides is 2. The van der Waals surface area contributed by atoms with E-state index in [1.807, 2.05) is 18.4 Å². The van der Waals surface area contributed by atoms with E-state index in [1.165, 1.54) is 11.3 Å². The number of ether oxygens (including phenoxy) is 1. The molecule has 0 aliphatic heterocycles. The second kappa shape index (κ2) is 9.67. The van der Waals surface area contributed by atoms with Crippen molar-refractivity contribution in [3.05, 3.63) is 46.4 Å². The molecule has 0 saturated heterocycles. The van der Waals surface area contributed by atoms with Crippen LogP contribution in [0.2, 0.25) is 0 Å². The zero-order chi connectivity index (χ0) is 17.2. The van der Waals surface area contributed by atoms with E-state index in [9.17, 15) is 9.59 Å². The van der Waals surface area contributed by atoms with E-state index in [1.54, 1.807) is 23.7 Å². The van der Waals surface area contributed by atoms with Crippen molar-refractivity contribution in [2.75, 3.05) is 13.1 Å². The lowest BCUT2D eigenvalue weighted by Crippen LogP contribution is -2.31. The largest absolute Gasteiger partial charge is 0.486 e. The Hall–Kier alpha value is -2.41. The van der Waals surface area contributed by atoms with Crippen LogP contribution in [-0.4, -0.2) is 29.9 Å². The quantitative estimate of drug-likeness (QED) is 0.730. The molecule has 0 aliphatic rings. The van der Waals surface area contributed by atoms with Crippen molar-refractivity contribution in [3.63, 3.8) is 0 Å². The SMILES string of the molecule is CCCNC(=O)CCNC(=O)c1ccccc1OCc1cscn1. The lowest BCUT2D eigenvalue weighted by atomic mass is 10.2. The van der Waals surface area contributed by atoms with Gasteiger partial charge in [-0.2, -0.15) is 0 Å². The first-order chi connectivity index (χ1) is 11.7. The number of aromatic nitrogens is 1. The van der Waals surface area contributed by atoms with Crippen LogP contribution in [0.4, 0.5) is 0 Å². The Morgan fingerprint density at radius 1 is 1.21 bits per heavy atom. The first kappa shape index (κ1) is 17.9. The van der Waals surface area contributed by atoms with Crippen molar-refractivity contribution in [2.45, 2.75) is 26.4 Å². The summed E-state index contributed by atoms with van der Waals surface area (Å²) in [7, 11) is 0. The van der Waals surface area contributed by atoms with Crippen LogP contribution in [0.1, 0.15) is 35.8 Å². The maximum atomic E-state index is 12.3. The van der Waals surface area contributed by atoms with Crippen LogP contribution in [0.5, 0.6) is 5.75 Å². The average Bonchev–Trinajstić information content (AvgIpc) is 3.12. The van der Waals surface area contributed by atoms with Gasteiger partial charge in [0.2, 0.25) is 5.91 Å². The summed E-state index contributed by atoms with van der Waals surface area (Å²) in [5.74, 6) is 0.177. The van der Waals surface area contributed by atoms with E-state index in [0.29, 0.717) is 24.5 Å². The molecule has 1 aromatic carbocycles. The first-order valence-corrected chi connectivity index (χ1v) is 8.78. The van der Waals surface area contributed by atoms with Crippen molar-refractivity contribution < 1.29 is 14.3 Å². The Morgan fingerprint density at radius 2 is 2.04 bits per heavy atom. The fourth-order valence-corrected chi connectivity index (χ4v) is 2.52. The molecule has 0 aliphatic carbocycles. The first-order valence-electron chi connectivity index (χ1n) is 7.84. The average molecular weight is 347 g/mol. The molecule has 0 bridgehead atoms. The molecular formula is C17H21N3O3S. The monoisotopic (exact) mass is 347 g/mol. The Labute approximate surface area is 145 Å². The van der Waals surface area contributed by atoms with Crippen LogP contribution in [0.3, 0.4) is 0 Å². The Morgan fingerprint density at radius 3 is 2.79 bits per heavy atom. The number of nitrogens with one attached hydrogen (secondary N) is 2. The molecule has 0 spiro atoms. The third-order valence-corrected chi connectivity index (χ3v) is 3.84. The van der Waals surface area contributed by atoms with Gasteiger partial charge in [-0.25, -0.2) is 4.98 Å². The van der Waals surface area contributed by atoms with E-state index >= 15 is 0 Å². The van der Waals surface area contributed by atoms with Gasteiger partial charge in [0.05, 0.1) is 16.8 Å². The second-order valence-corrected chi connectivity index (χ2v) is 5.84. The molecule has 2 N–H and O–H groups in total. The minimum Gasteiger partial charge on any atom is -0.486 e. The molecule has 0 fully saturated rings. The lowest BCUT2D eigenvalue weighted by Gasteiger charge is -2.11. The van der Waals surface area contributed by atoms with E-state index in [4.69, 9.17) is 4.74 Å². The molecule has 7 heteroatoms.